The van der Waals surface area contributed by atoms with Crippen LogP contribution in [0.4, 0.5) is 5.69 Å². The minimum atomic E-state index is -0.475. The van der Waals surface area contributed by atoms with Crippen molar-refractivity contribution in [2.45, 2.75) is 51.6 Å². The second-order valence-corrected chi connectivity index (χ2v) is 6.31. The lowest BCUT2D eigenvalue weighted by molar-refractivity contribution is 0.194. The van der Waals surface area contributed by atoms with Gasteiger partial charge in [-0.1, -0.05) is 12.8 Å². The van der Waals surface area contributed by atoms with Gasteiger partial charge in [-0.15, -0.1) is 0 Å². The highest BCUT2D eigenvalue weighted by atomic mass is 16.3. The third kappa shape index (κ3) is 2.62. The summed E-state index contributed by atoms with van der Waals surface area (Å²) < 4.78 is 0. The van der Waals surface area contributed by atoms with Crippen LogP contribution in [0.1, 0.15) is 57.2 Å². The molecule has 3 heteroatoms. The van der Waals surface area contributed by atoms with E-state index in [2.05, 4.69) is 16.0 Å². The largest absolute Gasteiger partial charge is 0.387 e. The number of hydrogen-bond donors (Lipinski definition) is 1. The van der Waals surface area contributed by atoms with Crippen LogP contribution in [0.15, 0.2) is 18.3 Å². The van der Waals surface area contributed by atoms with Gasteiger partial charge in [-0.3, -0.25) is 4.98 Å². The van der Waals surface area contributed by atoms with Gasteiger partial charge in [-0.05, 0) is 50.2 Å². The molecular weight excluding hydrogens is 236 g/mol. The van der Waals surface area contributed by atoms with E-state index in [0.717, 1.165) is 18.8 Å². The minimum absolute atomic E-state index is 0.475. The van der Waals surface area contributed by atoms with Crippen molar-refractivity contribution in [3.8, 4) is 0 Å². The van der Waals surface area contributed by atoms with Crippen LogP contribution in [0.5, 0.6) is 0 Å². The van der Waals surface area contributed by atoms with E-state index < -0.39 is 6.10 Å². The molecular formula is C16H24N2O. The van der Waals surface area contributed by atoms with Crippen molar-refractivity contribution in [2.24, 2.45) is 5.41 Å². The van der Waals surface area contributed by atoms with E-state index in [0.29, 0.717) is 5.41 Å². The van der Waals surface area contributed by atoms with Crippen LogP contribution in [0.2, 0.25) is 0 Å². The molecule has 1 spiro atoms. The quantitative estimate of drug-likeness (QED) is 0.886. The normalized spacial score (nSPS) is 23.8. The first-order chi connectivity index (χ1) is 9.19. The number of aliphatic hydroxyl groups excluding tert-OH is 1. The van der Waals surface area contributed by atoms with Gasteiger partial charge in [-0.25, -0.2) is 0 Å². The first-order valence-corrected chi connectivity index (χ1v) is 7.58. The van der Waals surface area contributed by atoms with Crippen molar-refractivity contribution >= 4 is 5.69 Å². The van der Waals surface area contributed by atoms with Crippen molar-refractivity contribution in [3.63, 3.8) is 0 Å². The van der Waals surface area contributed by atoms with Gasteiger partial charge >= 0.3 is 0 Å². The Morgan fingerprint density at radius 3 is 2.37 bits per heavy atom. The van der Waals surface area contributed by atoms with Crippen LogP contribution >= 0.6 is 0 Å². The molecule has 0 radical (unpaired) electrons. The Morgan fingerprint density at radius 1 is 1.16 bits per heavy atom. The Balaban J connectivity index is 1.64. The zero-order valence-corrected chi connectivity index (χ0v) is 11.8. The predicted molar refractivity (Wildman–Crippen MR) is 77.2 cm³/mol. The smallest absolute Gasteiger partial charge is 0.0931 e. The van der Waals surface area contributed by atoms with E-state index in [1.807, 2.05) is 12.3 Å². The van der Waals surface area contributed by atoms with E-state index in [9.17, 15) is 5.11 Å². The fourth-order valence-electron chi connectivity index (χ4n) is 3.70. The lowest BCUT2D eigenvalue weighted by Gasteiger charge is -2.40. The Labute approximate surface area is 115 Å². The summed E-state index contributed by atoms with van der Waals surface area (Å²) in [5.41, 5.74) is 2.63. The summed E-state index contributed by atoms with van der Waals surface area (Å²) in [4.78, 5) is 6.80. The molecule has 1 aliphatic carbocycles. The molecule has 3 nitrogen and oxygen atoms in total. The second-order valence-electron chi connectivity index (χ2n) is 6.31. The maximum absolute atomic E-state index is 9.49. The van der Waals surface area contributed by atoms with Gasteiger partial charge in [0.2, 0.25) is 0 Å². The van der Waals surface area contributed by atoms with E-state index in [1.165, 1.54) is 44.2 Å². The van der Waals surface area contributed by atoms with Crippen LogP contribution < -0.4 is 4.90 Å². The number of nitrogens with zero attached hydrogens (tertiary/aromatic N) is 2. The number of rotatable bonds is 2. The van der Waals surface area contributed by atoms with Crippen LogP contribution in [-0.4, -0.2) is 23.2 Å². The summed E-state index contributed by atoms with van der Waals surface area (Å²) in [6.45, 7) is 4.08. The minimum Gasteiger partial charge on any atom is -0.387 e. The van der Waals surface area contributed by atoms with Gasteiger partial charge in [0.25, 0.3) is 0 Å². The Kier molecular flexibility index (Phi) is 3.48. The molecule has 19 heavy (non-hydrogen) atoms. The molecule has 1 aromatic rings. The van der Waals surface area contributed by atoms with E-state index in [-0.39, 0.29) is 0 Å². The number of anilines is 1. The highest BCUT2D eigenvalue weighted by Gasteiger charge is 2.36. The Bertz CT molecular complexity index is 411. The monoisotopic (exact) mass is 260 g/mol. The molecule has 1 unspecified atom stereocenters. The highest BCUT2D eigenvalue weighted by Crippen LogP contribution is 2.46. The fourth-order valence-corrected chi connectivity index (χ4v) is 3.70. The summed E-state index contributed by atoms with van der Waals surface area (Å²) >= 11 is 0. The van der Waals surface area contributed by atoms with E-state index in [4.69, 9.17) is 0 Å². The van der Waals surface area contributed by atoms with E-state index in [1.54, 1.807) is 6.92 Å². The molecule has 2 aliphatic rings. The number of hydrogen-bond acceptors (Lipinski definition) is 3. The fraction of sp³-hybridized carbons (Fsp3) is 0.688. The molecule has 3 rings (SSSR count). The first-order valence-electron chi connectivity index (χ1n) is 7.58. The highest BCUT2D eigenvalue weighted by molar-refractivity contribution is 5.45. The van der Waals surface area contributed by atoms with E-state index >= 15 is 0 Å². The van der Waals surface area contributed by atoms with Crippen molar-refractivity contribution in [1.82, 2.24) is 4.98 Å². The zero-order chi connectivity index (χ0) is 13.3. The standard InChI is InChI=1S/C16H24N2O/c1-13(19)15-5-4-14(12-17-15)18-10-8-16(9-11-18)6-2-3-7-16/h4-5,12-13,19H,2-3,6-11H2,1H3. The van der Waals surface area contributed by atoms with Gasteiger partial charge < -0.3 is 10.0 Å². The predicted octanol–water partition coefficient (Wildman–Crippen LogP) is 3.30. The molecule has 0 bridgehead atoms. The second kappa shape index (κ2) is 5.12. The zero-order valence-electron chi connectivity index (χ0n) is 11.8. The molecule has 1 saturated carbocycles. The van der Waals surface area contributed by atoms with Crippen LogP contribution in [-0.2, 0) is 0 Å². The SMILES string of the molecule is CC(O)c1ccc(N2CCC3(CCCC3)CC2)cn1. The topological polar surface area (TPSA) is 36.4 Å². The molecule has 1 N–H and O–H groups in total. The number of piperidine rings is 1. The van der Waals surface area contributed by atoms with Crippen molar-refractivity contribution in [3.05, 3.63) is 24.0 Å². The third-order valence-electron chi connectivity index (χ3n) is 5.05. The summed E-state index contributed by atoms with van der Waals surface area (Å²) in [6, 6.07) is 4.04. The molecule has 1 aromatic heterocycles. The van der Waals surface area contributed by atoms with Crippen molar-refractivity contribution < 1.29 is 5.11 Å². The lowest BCUT2D eigenvalue weighted by Crippen LogP contribution is -2.38. The maximum atomic E-state index is 9.49. The van der Waals surface area contributed by atoms with Gasteiger partial charge in [0.1, 0.15) is 0 Å². The number of aromatic nitrogens is 1. The molecule has 1 saturated heterocycles. The van der Waals surface area contributed by atoms with Gasteiger partial charge in [0, 0.05) is 13.1 Å². The van der Waals surface area contributed by atoms with Crippen LogP contribution in [0, 0.1) is 5.41 Å². The maximum Gasteiger partial charge on any atom is 0.0931 e. The summed E-state index contributed by atoms with van der Waals surface area (Å²) in [5.74, 6) is 0. The first kappa shape index (κ1) is 12.9. The molecule has 2 heterocycles. The van der Waals surface area contributed by atoms with Gasteiger partial charge in [-0.2, -0.15) is 0 Å². The number of aliphatic hydroxyl groups is 1. The van der Waals surface area contributed by atoms with Gasteiger partial charge in [0.15, 0.2) is 0 Å². The Morgan fingerprint density at radius 2 is 1.84 bits per heavy atom. The summed E-state index contributed by atoms with van der Waals surface area (Å²) in [5, 5.41) is 9.49. The molecule has 0 amide bonds. The van der Waals surface area contributed by atoms with Crippen LogP contribution in [0.3, 0.4) is 0 Å². The summed E-state index contributed by atoms with van der Waals surface area (Å²) in [6.07, 6.45) is 9.87. The van der Waals surface area contributed by atoms with Crippen molar-refractivity contribution in [2.75, 3.05) is 18.0 Å². The summed E-state index contributed by atoms with van der Waals surface area (Å²) in [7, 11) is 0. The molecule has 1 aliphatic heterocycles. The average Bonchev–Trinajstić information content (AvgIpc) is 2.88. The number of pyridine rings is 1. The van der Waals surface area contributed by atoms with Crippen LogP contribution in [0.25, 0.3) is 0 Å². The molecule has 1 atom stereocenters. The lowest BCUT2D eigenvalue weighted by atomic mass is 9.77. The van der Waals surface area contributed by atoms with Crippen molar-refractivity contribution in [1.29, 1.82) is 0 Å². The Hall–Kier alpha value is -1.09. The molecule has 2 fully saturated rings. The molecule has 104 valence electrons. The molecule has 0 aromatic carbocycles. The average molecular weight is 260 g/mol. The van der Waals surface area contributed by atoms with Gasteiger partial charge in [0.05, 0.1) is 23.7 Å². The third-order valence-corrected chi connectivity index (χ3v) is 5.05.